The number of hydrogen-bond acceptors (Lipinski definition) is 4. The van der Waals surface area contributed by atoms with Crippen LogP contribution in [0.2, 0.25) is 0 Å². The molecule has 4 heteroatoms. The van der Waals surface area contributed by atoms with Crippen LogP contribution in [-0.4, -0.2) is 11.2 Å². The third-order valence-corrected chi connectivity index (χ3v) is 3.88. The Morgan fingerprint density at radius 1 is 1.20 bits per heavy atom. The Balaban J connectivity index is 1.89. The normalized spacial score (nSPS) is 11.3. The lowest BCUT2D eigenvalue weighted by Crippen LogP contribution is -1.96. The van der Waals surface area contributed by atoms with Gasteiger partial charge in [-0.25, -0.2) is 4.98 Å². The van der Waals surface area contributed by atoms with E-state index in [-0.39, 0.29) is 0 Å². The second kappa shape index (κ2) is 5.43. The van der Waals surface area contributed by atoms with E-state index in [0.717, 1.165) is 27.2 Å². The monoisotopic (exact) mass is 281 g/mol. The van der Waals surface area contributed by atoms with E-state index in [1.807, 2.05) is 30.7 Å². The van der Waals surface area contributed by atoms with Crippen LogP contribution in [0.1, 0.15) is 16.0 Å². The minimum absolute atomic E-state index is 0.802. The molecule has 0 aliphatic heterocycles. The maximum Gasteiger partial charge on any atom is 0.149 e. The maximum absolute atomic E-state index is 4.63. The van der Waals surface area contributed by atoms with Crippen LogP contribution >= 0.6 is 11.3 Å². The third kappa shape index (κ3) is 2.70. The molecule has 2 aromatic heterocycles. The number of fused-ring (bicyclic) bond motifs is 1. The molecule has 1 N–H and O–H groups in total. The van der Waals surface area contributed by atoms with E-state index in [4.69, 9.17) is 0 Å². The summed E-state index contributed by atoms with van der Waals surface area (Å²) >= 11 is 1.66. The molecule has 2 heterocycles. The molecule has 20 heavy (non-hydrogen) atoms. The van der Waals surface area contributed by atoms with E-state index in [1.54, 1.807) is 11.3 Å². The van der Waals surface area contributed by atoms with E-state index in [1.165, 1.54) is 5.56 Å². The molecular weight excluding hydrogens is 266 g/mol. The van der Waals surface area contributed by atoms with Crippen molar-refractivity contribution in [3.8, 4) is 0 Å². The molecule has 0 aliphatic carbocycles. The molecule has 100 valence electrons. The minimum Gasteiger partial charge on any atom is -0.261 e. The first-order valence-corrected chi connectivity index (χ1v) is 7.31. The largest absolute Gasteiger partial charge is 0.261 e. The van der Waals surface area contributed by atoms with E-state index in [2.05, 4.69) is 46.7 Å². The van der Waals surface area contributed by atoms with Crippen molar-refractivity contribution in [1.29, 1.82) is 0 Å². The van der Waals surface area contributed by atoms with Crippen molar-refractivity contribution < 1.29 is 0 Å². The molecule has 1 aromatic carbocycles. The summed E-state index contributed by atoms with van der Waals surface area (Å²) in [5, 5.41) is 7.43. The summed E-state index contributed by atoms with van der Waals surface area (Å²) in [6, 6.07) is 12.5. The number of nitrogens with zero attached hydrogens (tertiary/aromatic N) is 2. The van der Waals surface area contributed by atoms with Gasteiger partial charge in [-0.15, -0.1) is 11.3 Å². The fourth-order valence-electron chi connectivity index (χ4n) is 2.02. The second-order valence-electron chi connectivity index (χ2n) is 4.74. The van der Waals surface area contributed by atoms with Gasteiger partial charge in [-0.3, -0.25) is 5.43 Å². The summed E-state index contributed by atoms with van der Waals surface area (Å²) in [4.78, 5) is 5.75. The standard InChI is InChI=1S/C16H15N3S/c1-11-5-6-13-9-12(2)16(18-15(13)8-11)19-17-10-14-4-3-7-20-14/h3-10H,1-2H3,(H,18,19)/b17-10-. The highest BCUT2D eigenvalue weighted by molar-refractivity contribution is 7.11. The van der Waals surface area contributed by atoms with E-state index in [9.17, 15) is 0 Å². The molecule has 0 atom stereocenters. The van der Waals surface area contributed by atoms with Crippen LogP contribution < -0.4 is 5.43 Å². The van der Waals surface area contributed by atoms with Crippen LogP contribution in [0.4, 0.5) is 5.82 Å². The molecule has 0 saturated carbocycles. The summed E-state index contributed by atoms with van der Waals surface area (Å²) in [5.74, 6) is 0.802. The number of benzene rings is 1. The van der Waals surface area contributed by atoms with Crippen LogP contribution in [0, 0.1) is 13.8 Å². The molecule has 0 aliphatic rings. The zero-order valence-corrected chi connectivity index (χ0v) is 12.2. The average Bonchev–Trinajstić information content (AvgIpc) is 2.93. The van der Waals surface area contributed by atoms with E-state index in [0.29, 0.717) is 0 Å². The van der Waals surface area contributed by atoms with Gasteiger partial charge in [0.15, 0.2) is 0 Å². The van der Waals surface area contributed by atoms with E-state index >= 15 is 0 Å². The zero-order chi connectivity index (χ0) is 13.9. The van der Waals surface area contributed by atoms with Crippen LogP contribution in [0.5, 0.6) is 0 Å². The van der Waals surface area contributed by atoms with Crippen molar-refractivity contribution in [1.82, 2.24) is 4.98 Å². The molecular formula is C16H15N3S. The average molecular weight is 281 g/mol. The fourth-order valence-corrected chi connectivity index (χ4v) is 2.60. The van der Waals surface area contributed by atoms with Crippen molar-refractivity contribution in [2.24, 2.45) is 5.10 Å². The van der Waals surface area contributed by atoms with Gasteiger partial charge < -0.3 is 0 Å². The van der Waals surface area contributed by atoms with Crippen molar-refractivity contribution in [3.63, 3.8) is 0 Å². The van der Waals surface area contributed by atoms with Gasteiger partial charge in [-0.05, 0) is 48.6 Å². The quantitative estimate of drug-likeness (QED) is 0.572. The Hall–Kier alpha value is -2.20. The van der Waals surface area contributed by atoms with Crippen LogP contribution in [-0.2, 0) is 0 Å². The number of aryl methyl sites for hydroxylation is 2. The lowest BCUT2D eigenvalue weighted by Gasteiger charge is -2.06. The van der Waals surface area contributed by atoms with Crippen molar-refractivity contribution in [2.45, 2.75) is 13.8 Å². The van der Waals surface area contributed by atoms with Crippen molar-refractivity contribution >= 4 is 34.3 Å². The Kier molecular flexibility index (Phi) is 3.48. The predicted molar refractivity (Wildman–Crippen MR) is 86.8 cm³/mol. The Morgan fingerprint density at radius 3 is 2.90 bits per heavy atom. The first-order valence-electron chi connectivity index (χ1n) is 6.43. The fraction of sp³-hybridized carbons (Fsp3) is 0.125. The highest BCUT2D eigenvalue weighted by Crippen LogP contribution is 2.20. The Morgan fingerprint density at radius 2 is 2.10 bits per heavy atom. The van der Waals surface area contributed by atoms with Crippen LogP contribution in [0.25, 0.3) is 10.9 Å². The molecule has 0 radical (unpaired) electrons. The van der Waals surface area contributed by atoms with E-state index < -0.39 is 0 Å². The maximum atomic E-state index is 4.63. The molecule has 3 rings (SSSR count). The number of anilines is 1. The molecule has 0 unspecified atom stereocenters. The lowest BCUT2D eigenvalue weighted by molar-refractivity contribution is 1.23. The van der Waals surface area contributed by atoms with Gasteiger partial charge in [-0.2, -0.15) is 5.10 Å². The van der Waals surface area contributed by atoms with Gasteiger partial charge in [0.25, 0.3) is 0 Å². The smallest absolute Gasteiger partial charge is 0.149 e. The highest BCUT2D eigenvalue weighted by atomic mass is 32.1. The molecule has 0 amide bonds. The first kappa shape index (κ1) is 12.8. The molecule has 3 nitrogen and oxygen atoms in total. The molecule has 0 spiro atoms. The summed E-state index contributed by atoms with van der Waals surface area (Å²) in [7, 11) is 0. The van der Waals surface area contributed by atoms with Crippen molar-refractivity contribution in [2.75, 3.05) is 5.43 Å². The number of aromatic nitrogens is 1. The second-order valence-corrected chi connectivity index (χ2v) is 5.71. The zero-order valence-electron chi connectivity index (χ0n) is 11.4. The topological polar surface area (TPSA) is 37.3 Å². The number of rotatable bonds is 3. The number of pyridine rings is 1. The number of hydrogen-bond donors (Lipinski definition) is 1. The number of thiophene rings is 1. The van der Waals surface area contributed by atoms with Gasteiger partial charge in [0.2, 0.25) is 0 Å². The molecule has 0 saturated heterocycles. The highest BCUT2D eigenvalue weighted by Gasteiger charge is 2.02. The Bertz CT molecular complexity index is 761. The summed E-state index contributed by atoms with van der Waals surface area (Å²) in [6.45, 7) is 4.11. The van der Waals surface area contributed by atoms with Gasteiger partial charge >= 0.3 is 0 Å². The third-order valence-electron chi connectivity index (χ3n) is 3.07. The molecule has 0 bridgehead atoms. The minimum atomic E-state index is 0.802. The number of hydrazone groups is 1. The SMILES string of the molecule is Cc1ccc2cc(C)c(N/N=C\c3cccs3)nc2c1. The summed E-state index contributed by atoms with van der Waals surface area (Å²) < 4.78 is 0. The summed E-state index contributed by atoms with van der Waals surface area (Å²) in [5.41, 5.74) is 6.32. The van der Waals surface area contributed by atoms with Crippen LogP contribution in [0.15, 0.2) is 46.9 Å². The first-order chi connectivity index (χ1) is 9.72. The summed E-state index contributed by atoms with van der Waals surface area (Å²) in [6.07, 6.45) is 1.81. The Labute approximate surface area is 122 Å². The van der Waals surface area contributed by atoms with Crippen molar-refractivity contribution in [3.05, 3.63) is 57.8 Å². The molecule has 0 fully saturated rings. The number of nitrogens with one attached hydrogen (secondary N) is 1. The predicted octanol–water partition coefficient (Wildman–Crippen LogP) is 4.36. The molecule has 3 aromatic rings. The lowest BCUT2D eigenvalue weighted by atomic mass is 10.1. The van der Waals surface area contributed by atoms with Gasteiger partial charge in [0.05, 0.1) is 11.7 Å². The van der Waals surface area contributed by atoms with Gasteiger partial charge in [0, 0.05) is 10.3 Å². The van der Waals surface area contributed by atoms with Gasteiger partial charge in [0.1, 0.15) is 5.82 Å². The van der Waals surface area contributed by atoms with Gasteiger partial charge in [-0.1, -0.05) is 18.2 Å². The van der Waals surface area contributed by atoms with Crippen LogP contribution in [0.3, 0.4) is 0 Å².